The van der Waals surface area contributed by atoms with Gasteiger partial charge in [0.25, 0.3) is 5.91 Å². The fraction of sp³-hybridized carbons (Fsp3) is 0.125. The van der Waals surface area contributed by atoms with Crippen molar-refractivity contribution in [2.45, 2.75) is 13.8 Å². The van der Waals surface area contributed by atoms with Crippen LogP contribution in [0.1, 0.15) is 16.9 Å². The molecule has 1 aliphatic rings. The minimum Gasteiger partial charge on any atom is -0.457 e. The molecule has 0 spiro atoms. The Morgan fingerprint density at radius 2 is 1.94 bits per heavy atom. The maximum atomic E-state index is 12.7. The van der Waals surface area contributed by atoms with E-state index >= 15 is 0 Å². The van der Waals surface area contributed by atoms with E-state index in [0.29, 0.717) is 22.2 Å². The van der Waals surface area contributed by atoms with Crippen molar-refractivity contribution < 1.29 is 18.8 Å². The molecular formula is C24H20ClN3O4. The SMILES string of the molecule is Cc1cccc(NC(=O)CN2C(=O)NC(=Cc3ccc(-c4cc(Cl)ccc4C)o3)C2=O)c1. The van der Waals surface area contributed by atoms with Crippen LogP contribution in [-0.4, -0.2) is 29.3 Å². The number of aryl methyl sites for hydroxylation is 2. The van der Waals surface area contributed by atoms with Crippen molar-refractivity contribution in [1.29, 1.82) is 0 Å². The topological polar surface area (TPSA) is 91.7 Å². The molecular weight excluding hydrogens is 430 g/mol. The lowest BCUT2D eigenvalue weighted by molar-refractivity contribution is -0.127. The zero-order chi connectivity index (χ0) is 22.8. The van der Waals surface area contributed by atoms with Gasteiger partial charge in [0.2, 0.25) is 5.91 Å². The van der Waals surface area contributed by atoms with Crippen LogP contribution >= 0.6 is 11.6 Å². The highest BCUT2D eigenvalue weighted by Crippen LogP contribution is 2.29. The van der Waals surface area contributed by atoms with Crippen LogP contribution in [0.2, 0.25) is 5.02 Å². The van der Waals surface area contributed by atoms with Gasteiger partial charge in [-0.1, -0.05) is 29.8 Å². The summed E-state index contributed by atoms with van der Waals surface area (Å²) < 4.78 is 5.82. The number of nitrogens with one attached hydrogen (secondary N) is 2. The second-order valence-electron chi connectivity index (χ2n) is 7.46. The molecule has 1 aromatic heterocycles. The van der Waals surface area contributed by atoms with Gasteiger partial charge in [-0.3, -0.25) is 9.59 Å². The van der Waals surface area contributed by atoms with Gasteiger partial charge >= 0.3 is 6.03 Å². The Bertz CT molecular complexity index is 1260. The first kappa shape index (κ1) is 21.4. The number of carbonyl (C=O) groups excluding carboxylic acids is 3. The number of halogens is 1. The molecule has 4 amide bonds. The Morgan fingerprint density at radius 1 is 1.12 bits per heavy atom. The van der Waals surface area contributed by atoms with Gasteiger partial charge in [0.15, 0.2) is 0 Å². The van der Waals surface area contributed by atoms with E-state index in [1.165, 1.54) is 6.08 Å². The normalized spacial score (nSPS) is 14.7. The molecule has 2 aromatic carbocycles. The number of amides is 4. The molecule has 0 atom stereocenters. The first-order valence-corrected chi connectivity index (χ1v) is 10.3. The minimum atomic E-state index is -0.668. The van der Waals surface area contributed by atoms with Gasteiger partial charge in [0, 0.05) is 22.3 Å². The van der Waals surface area contributed by atoms with E-state index in [4.69, 9.17) is 16.0 Å². The van der Waals surface area contributed by atoms with Crippen LogP contribution in [0, 0.1) is 13.8 Å². The van der Waals surface area contributed by atoms with E-state index in [9.17, 15) is 14.4 Å². The standard InChI is InChI=1S/C24H20ClN3O4/c1-14-4-3-5-17(10-14)26-22(29)13-28-23(30)20(27-24(28)31)12-18-8-9-21(32-18)19-11-16(25)7-6-15(19)2/h3-12H,13H2,1-2H3,(H,26,29)(H,27,31). The van der Waals surface area contributed by atoms with Crippen LogP contribution in [0.15, 0.2) is 64.7 Å². The van der Waals surface area contributed by atoms with Crippen LogP contribution in [0.4, 0.5) is 10.5 Å². The van der Waals surface area contributed by atoms with Gasteiger partial charge in [-0.05, 0) is 61.4 Å². The van der Waals surface area contributed by atoms with Crippen molar-refractivity contribution in [1.82, 2.24) is 10.2 Å². The Balaban J connectivity index is 1.47. The summed E-state index contributed by atoms with van der Waals surface area (Å²) in [6.07, 6.45) is 1.43. The van der Waals surface area contributed by atoms with Gasteiger partial charge in [-0.25, -0.2) is 9.69 Å². The third-order valence-corrected chi connectivity index (χ3v) is 5.18. The zero-order valence-electron chi connectivity index (χ0n) is 17.4. The molecule has 0 aliphatic carbocycles. The lowest BCUT2D eigenvalue weighted by Gasteiger charge is -2.12. The smallest absolute Gasteiger partial charge is 0.329 e. The van der Waals surface area contributed by atoms with Crippen molar-refractivity contribution in [2.75, 3.05) is 11.9 Å². The van der Waals surface area contributed by atoms with E-state index in [2.05, 4.69) is 10.6 Å². The predicted octanol–water partition coefficient (Wildman–Crippen LogP) is 4.75. The average Bonchev–Trinajstić information content (AvgIpc) is 3.30. The number of benzene rings is 2. The quantitative estimate of drug-likeness (QED) is 0.434. The maximum absolute atomic E-state index is 12.7. The highest BCUT2D eigenvalue weighted by Gasteiger charge is 2.35. The summed E-state index contributed by atoms with van der Waals surface area (Å²) in [7, 11) is 0. The van der Waals surface area contributed by atoms with Crippen LogP contribution < -0.4 is 10.6 Å². The highest BCUT2D eigenvalue weighted by molar-refractivity contribution is 6.30. The molecule has 2 heterocycles. The van der Waals surface area contributed by atoms with Gasteiger partial charge < -0.3 is 15.1 Å². The van der Waals surface area contributed by atoms with E-state index in [-0.39, 0.29) is 5.70 Å². The van der Waals surface area contributed by atoms with E-state index in [0.717, 1.165) is 21.6 Å². The summed E-state index contributed by atoms with van der Waals surface area (Å²) in [4.78, 5) is 38.1. The van der Waals surface area contributed by atoms with Gasteiger partial charge in [-0.15, -0.1) is 0 Å². The molecule has 1 saturated heterocycles. The third kappa shape index (κ3) is 4.58. The molecule has 3 aromatic rings. The highest BCUT2D eigenvalue weighted by atomic mass is 35.5. The number of furan rings is 1. The van der Waals surface area contributed by atoms with E-state index in [1.54, 1.807) is 36.4 Å². The van der Waals surface area contributed by atoms with Crippen molar-refractivity contribution >= 4 is 41.2 Å². The lowest BCUT2D eigenvalue weighted by Crippen LogP contribution is -2.38. The molecule has 1 fully saturated rings. The number of rotatable bonds is 5. The fourth-order valence-electron chi connectivity index (χ4n) is 3.36. The Hall–Kier alpha value is -3.84. The molecule has 4 rings (SSSR count). The van der Waals surface area contributed by atoms with Crippen molar-refractivity contribution in [3.63, 3.8) is 0 Å². The summed E-state index contributed by atoms with van der Waals surface area (Å²) in [6.45, 7) is 3.44. The monoisotopic (exact) mass is 449 g/mol. The molecule has 162 valence electrons. The zero-order valence-corrected chi connectivity index (χ0v) is 18.2. The maximum Gasteiger partial charge on any atom is 0.329 e. The molecule has 7 nitrogen and oxygen atoms in total. The lowest BCUT2D eigenvalue weighted by atomic mass is 10.1. The van der Waals surface area contributed by atoms with Crippen molar-refractivity contribution in [3.05, 3.63) is 82.2 Å². The van der Waals surface area contributed by atoms with Crippen molar-refractivity contribution in [2.24, 2.45) is 0 Å². The Labute approximate surface area is 189 Å². The van der Waals surface area contributed by atoms with E-state index < -0.39 is 24.4 Å². The van der Waals surface area contributed by atoms with Gasteiger partial charge in [0.1, 0.15) is 23.8 Å². The first-order chi connectivity index (χ1) is 15.3. The number of urea groups is 1. The van der Waals surface area contributed by atoms with Gasteiger partial charge in [-0.2, -0.15) is 0 Å². The third-order valence-electron chi connectivity index (χ3n) is 4.94. The number of anilines is 1. The molecule has 32 heavy (non-hydrogen) atoms. The van der Waals surface area contributed by atoms with E-state index in [1.807, 2.05) is 32.0 Å². The second kappa shape index (κ2) is 8.72. The number of hydrogen-bond acceptors (Lipinski definition) is 4. The molecule has 0 bridgehead atoms. The molecule has 2 N–H and O–H groups in total. The van der Waals surface area contributed by atoms with Crippen LogP contribution in [-0.2, 0) is 9.59 Å². The Morgan fingerprint density at radius 3 is 2.72 bits per heavy atom. The van der Waals surface area contributed by atoms with Gasteiger partial charge in [0.05, 0.1) is 0 Å². The summed E-state index contributed by atoms with van der Waals surface area (Å²) in [5.41, 5.74) is 3.42. The van der Waals surface area contributed by atoms with Crippen LogP contribution in [0.25, 0.3) is 17.4 Å². The first-order valence-electron chi connectivity index (χ1n) is 9.87. The Kier molecular flexibility index (Phi) is 5.83. The summed E-state index contributed by atoms with van der Waals surface area (Å²) in [5, 5.41) is 5.76. The average molecular weight is 450 g/mol. The van der Waals surface area contributed by atoms with Crippen molar-refractivity contribution in [3.8, 4) is 11.3 Å². The minimum absolute atomic E-state index is 0.0297. The molecule has 0 unspecified atom stereocenters. The largest absolute Gasteiger partial charge is 0.457 e. The second-order valence-corrected chi connectivity index (χ2v) is 7.89. The molecule has 1 aliphatic heterocycles. The number of imide groups is 1. The molecule has 0 radical (unpaired) electrons. The molecule has 8 heteroatoms. The number of nitrogens with zero attached hydrogens (tertiary/aromatic N) is 1. The van der Waals surface area contributed by atoms with Crippen LogP contribution in [0.5, 0.6) is 0 Å². The number of carbonyl (C=O) groups is 3. The predicted molar refractivity (Wildman–Crippen MR) is 122 cm³/mol. The molecule has 0 saturated carbocycles. The summed E-state index contributed by atoms with van der Waals surface area (Å²) in [6, 6.07) is 15.5. The van der Waals surface area contributed by atoms with Crippen LogP contribution in [0.3, 0.4) is 0 Å². The summed E-state index contributed by atoms with van der Waals surface area (Å²) >= 11 is 6.08. The number of hydrogen-bond donors (Lipinski definition) is 2. The summed E-state index contributed by atoms with van der Waals surface area (Å²) in [5.74, 6) is -0.111. The fourth-order valence-corrected chi connectivity index (χ4v) is 3.53.